The highest BCUT2D eigenvalue weighted by atomic mass is 32.1. The predicted octanol–water partition coefficient (Wildman–Crippen LogP) is 0.446. The number of hydrogen-bond donors (Lipinski definition) is 2. The van der Waals surface area contributed by atoms with Crippen LogP contribution in [0.2, 0.25) is 0 Å². The third kappa shape index (κ3) is 5.89. The third-order valence-corrected chi connectivity index (χ3v) is 1.18. The Bertz CT molecular complexity index is 77.5. The van der Waals surface area contributed by atoms with Crippen molar-refractivity contribution in [3.05, 3.63) is 12.7 Å². The number of ether oxygens (including phenoxy) is 1. The van der Waals surface area contributed by atoms with Crippen LogP contribution in [0.5, 0.6) is 0 Å². The van der Waals surface area contributed by atoms with Gasteiger partial charge < -0.3 is 10.5 Å². The summed E-state index contributed by atoms with van der Waals surface area (Å²) in [5.41, 5.74) is 5.27. The second kappa shape index (κ2) is 6.13. The molecule has 0 aromatic heterocycles. The van der Waals surface area contributed by atoms with Gasteiger partial charge in [0.15, 0.2) is 0 Å². The Labute approximate surface area is 61.5 Å². The number of hydrogen-bond acceptors (Lipinski definition) is 3. The van der Waals surface area contributed by atoms with Crippen molar-refractivity contribution in [1.29, 1.82) is 0 Å². The van der Waals surface area contributed by atoms with Crippen LogP contribution in [-0.4, -0.2) is 25.0 Å². The SMILES string of the molecule is C=CCOCC(S)CN. The van der Waals surface area contributed by atoms with Crippen LogP contribution in [0, 0.1) is 0 Å². The molecule has 0 fully saturated rings. The fourth-order valence-electron chi connectivity index (χ4n) is 0.355. The van der Waals surface area contributed by atoms with E-state index in [0.717, 1.165) is 0 Å². The molecule has 0 aromatic carbocycles. The number of nitrogens with two attached hydrogens (primary N) is 1. The molecule has 0 aliphatic carbocycles. The summed E-state index contributed by atoms with van der Waals surface area (Å²) in [6.45, 7) is 5.24. The summed E-state index contributed by atoms with van der Waals surface area (Å²) < 4.78 is 5.06. The van der Waals surface area contributed by atoms with E-state index in [-0.39, 0.29) is 5.25 Å². The first-order chi connectivity index (χ1) is 4.31. The molecule has 0 aliphatic heterocycles. The normalized spacial score (nSPS) is 13.1. The van der Waals surface area contributed by atoms with Crippen LogP contribution in [0.1, 0.15) is 0 Å². The molecule has 0 amide bonds. The lowest BCUT2D eigenvalue weighted by Gasteiger charge is -2.05. The van der Waals surface area contributed by atoms with Gasteiger partial charge in [0.1, 0.15) is 0 Å². The molecule has 54 valence electrons. The van der Waals surface area contributed by atoms with Crippen LogP contribution in [0.25, 0.3) is 0 Å². The maximum Gasteiger partial charge on any atom is 0.0645 e. The minimum Gasteiger partial charge on any atom is -0.376 e. The van der Waals surface area contributed by atoms with Gasteiger partial charge in [0, 0.05) is 11.8 Å². The Morgan fingerprint density at radius 2 is 2.44 bits per heavy atom. The molecule has 0 saturated carbocycles. The first kappa shape index (κ1) is 9.01. The lowest BCUT2D eigenvalue weighted by Crippen LogP contribution is -2.19. The van der Waals surface area contributed by atoms with Gasteiger partial charge >= 0.3 is 0 Å². The molecule has 0 heterocycles. The lowest BCUT2D eigenvalue weighted by atomic mass is 10.4. The zero-order valence-electron chi connectivity index (χ0n) is 5.42. The van der Waals surface area contributed by atoms with Gasteiger partial charge in [0.2, 0.25) is 0 Å². The maximum absolute atomic E-state index is 5.27. The van der Waals surface area contributed by atoms with E-state index in [1.165, 1.54) is 0 Å². The largest absolute Gasteiger partial charge is 0.376 e. The predicted molar refractivity (Wildman–Crippen MR) is 42.8 cm³/mol. The van der Waals surface area contributed by atoms with E-state index in [1.54, 1.807) is 6.08 Å². The van der Waals surface area contributed by atoms with Gasteiger partial charge in [-0.1, -0.05) is 6.08 Å². The lowest BCUT2D eigenvalue weighted by molar-refractivity contribution is 0.165. The summed E-state index contributed by atoms with van der Waals surface area (Å²) in [7, 11) is 0. The van der Waals surface area contributed by atoms with Gasteiger partial charge in [-0.3, -0.25) is 0 Å². The van der Waals surface area contributed by atoms with Crippen molar-refractivity contribution in [3.8, 4) is 0 Å². The molecule has 3 heteroatoms. The maximum atomic E-state index is 5.27. The van der Waals surface area contributed by atoms with Crippen molar-refractivity contribution >= 4 is 12.6 Å². The summed E-state index contributed by atoms with van der Waals surface area (Å²) >= 11 is 4.12. The van der Waals surface area contributed by atoms with E-state index in [9.17, 15) is 0 Å². The van der Waals surface area contributed by atoms with Gasteiger partial charge in [-0.15, -0.1) is 6.58 Å². The first-order valence-electron chi connectivity index (χ1n) is 2.88. The monoisotopic (exact) mass is 147 g/mol. The van der Waals surface area contributed by atoms with Crippen molar-refractivity contribution in [1.82, 2.24) is 0 Å². The summed E-state index contributed by atoms with van der Waals surface area (Å²) in [4.78, 5) is 0. The van der Waals surface area contributed by atoms with Crippen molar-refractivity contribution in [2.24, 2.45) is 5.73 Å². The van der Waals surface area contributed by atoms with Gasteiger partial charge in [-0.05, 0) is 0 Å². The molecule has 0 rings (SSSR count). The Morgan fingerprint density at radius 1 is 1.78 bits per heavy atom. The van der Waals surface area contributed by atoms with Crippen LogP contribution < -0.4 is 5.73 Å². The highest BCUT2D eigenvalue weighted by Crippen LogP contribution is 1.91. The Morgan fingerprint density at radius 3 is 2.89 bits per heavy atom. The van der Waals surface area contributed by atoms with E-state index in [1.807, 2.05) is 0 Å². The molecule has 2 N–H and O–H groups in total. The van der Waals surface area contributed by atoms with Crippen LogP contribution in [0.3, 0.4) is 0 Å². The van der Waals surface area contributed by atoms with Gasteiger partial charge in [0.25, 0.3) is 0 Å². The van der Waals surface area contributed by atoms with Crippen molar-refractivity contribution in [2.45, 2.75) is 5.25 Å². The minimum absolute atomic E-state index is 0.157. The zero-order valence-corrected chi connectivity index (χ0v) is 6.31. The van der Waals surface area contributed by atoms with Crippen LogP contribution in [0.4, 0.5) is 0 Å². The van der Waals surface area contributed by atoms with E-state index >= 15 is 0 Å². The standard InChI is InChI=1S/C6H13NOS/c1-2-3-8-5-6(9)4-7/h2,6,9H,1,3-5,7H2. The minimum atomic E-state index is 0.157. The highest BCUT2D eigenvalue weighted by Gasteiger charge is 1.96. The summed E-state index contributed by atoms with van der Waals surface area (Å²) in [6, 6.07) is 0. The van der Waals surface area contributed by atoms with E-state index in [0.29, 0.717) is 19.8 Å². The van der Waals surface area contributed by atoms with Gasteiger partial charge in [-0.2, -0.15) is 12.6 Å². The van der Waals surface area contributed by atoms with Gasteiger partial charge in [-0.25, -0.2) is 0 Å². The fourth-order valence-corrected chi connectivity index (χ4v) is 0.461. The second-order valence-electron chi connectivity index (χ2n) is 1.72. The topological polar surface area (TPSA) is 35.2 Å². The Balaban J connectivity index is 2.96. The molecule has 1 unspecified atom stereocenters. The highest BCUT2D eigenvalue weighted by molar-refractivity contribution is 7.81. The summed E-state index contributed by atoms with van der Waals surface area (Å²) in [6.07, 6.45) is 1.71. The molecular weight excluding hydrogens is 134 g/mol. The number of thiol groups is 1. The molecule has 9 heavy (non-hydrogen) atoms. The zero-order chi connectivity index (χ0) is 7.11. The fraction of sp³-hybridized carbons (Fsp3) is 0.667. The molecule has 0 aromatic rings. The van der Waals surface area contributed by atoms with Crippen LogP contribution in [-0.2, 0) is 4.74 Å². The van der Waals surface area contributed by atoms with Crippen LogP contribution in [0.15, 0.2) is 12.7 Å². The third-order valence-electron chi connectivity index (χ3n) is 0.818. The second-order valence-corrected chi connectivity index (χ2v) is 2.45. The average Bonchev–Trinajstić information content (AvgIpc) is 1.89. The number of rotatable bonds is 5. The Hall–Kier alpha value is 0.01000. The quantitative estimate of drug-likeness (QED) is 0.336. The molecule has 0 aliphatic rings. The molecule has 0 bridgehead atoms. The smallest absolute Gasteiger partial charge is 0.0645 e. The van der Waals surface area contributed by atoms with Crippen LogP contribution >= 0.6 is 12.6 Å². The Kier molecular flexibility index (Phi) is 6.14. The summed E-state index contributed by atoms with van der Waals surface area (Å²) in [5, 5.41) is 0.157. The average molecular weight is 147 g/mol. The molecule has 1 atom stereocenters. The summed E-state index contributed by atoms with van der Waals surface area (Å²) in [5.74, 6) is 0. The molecule has 0 spiro atoms. The first-order valence-corrected chi connectivity index (χ1v) is 3.39. The van der Waals surface area contributed by atoms with Crippen molar-refractivity contribution in [3.63, 3.8) is 0 Å². The van der Waals surface area contributed by atoms with E-state index < -0.39 is 0 Å². The van der Waals surface area contributed by atoms with E-state index in [2.05, 4.69) is 19.2 Å². The molecule has 2 nitrogen and oxygen atoms in total. The van der Waals surface area contributed by atoms with Crippen molar-refractivity contribution < 1.29 is 4.74 Å². The molecular formula is C6H13NOS. The molecule has 0 saturated heterocycles. The van der Waals surface area contributed by atoms with E-state index in [4.69, 9.17) is 10.5 Å². The molecule has 0 radical (unpaired) electrons. The van der Waals surface area contributed by atoms with Gasteiger partial charge in [0.05, 0.1) is 13.2 Å². The van der Waals surface area contributed by atoms with Crippen molar-refractivity contribution in [2.75, 3.05) is 19.8 Å².